The number of hydrogen-bond acceptors (Lipinski definition) is 3. The number of carbonyl (C=O) groups is 1. The molecule has 0 aromatic carbocycles. The summed E-state index contributed by atoms with van der Waals surface area (Å²) in [6.07, 6.45) is 2.71. The Morgan fingerprint density at radius 3 is 2.87 bits per heavy atom. The number of pyridine rings is 1. The highest BCUT2D eigenvalue weighted by Gasteiger charge is 2.02. The number of amides is 1. The molecule has 0 saturated carbocycles. The van der Waals surface area contributed by atoms with Gasteiger partial charge in [-0.2, -0.15) is 0 Å². The van der Waals surface area contributed by atoms with Gasteiger partial charge in [-0.15, -0.1) is 0 Å². The van der Waals surface area contributed by atoms with Crippen LogP contribution in [0, 0.1) is 5.82 Å². The van der Waals surface area contributed by atoms with E-state index in [1.54, 1.807) is 20.3 Å². The van der Waals surface area contributed by atoms with Gasteiger partial charge in [-0.1, -0.05) is 0 Å². The summed E-state index contributed by atoms with van der Waals surface area (Å²) >= 11 is 0. The third-order valence-corrected chi connectivity index (χ3v) is 1.87. The monoisotopic (exact) mass is 211 g/mol. The number of aromatic nitrogens is 1. The molecule has 5 heteroatoms. The molecule has 0 radical (unpaired) electrons. The van der Waals surface area contributed by atoms with Crippen LogP contribution in [-0.4, -0.2) is 36.4 Å². The molecule has 82 valence electrons. The van der Waals surface area contributed by atoms with E-state index in [1.165, 1.54) is 11.0 Å². The third kappa shape index (κ3) is 4.03. The predicted molar refractivity (Wildman–Crippen MR) is 54.6 cm³/mol. The second-order valence-electron chi connectivity index (χ2n) is 3.40. The Balaban J connectivity index is 2.35. The van der Waals surface area contributed by atoms with Crippen molar-refractivity contribution in [1.29, 1.82) is 0 Å². The van der Waals surface area contributed by atoms with Crippen molar-refractivity contribution in [2.45, 2.75) is 6.54 Å². The maximum absolute atomic E-state index is 12.7. The van der Waals surface area contributed by atoms with Gasteiger partial charge in [0.2, 0.25) is 5.91 Å². The Bertz CT molecular complexity index is 341. The van der Waals surface area contributed by atoms with Crippen LogP contribution in [0.5, 0.6) is 0 Å². The molecule has 0 saturated heterocycles. The molecular formula is C10H14FN3O. The number of hydrogen-bond donors (Lipinski definition) is 1. The molecule has 0 atom stereocenters. The fraction of sp³-hybridized carbons (Fsp3) is 0.400. The molecular weight excluding hydrogens is 197 g/mol. The van der Waals surface area contributed by atoms with E-state index >= 15 is 0 Å². The Labute approximate surface area is 88.1 Å². The van der Waals surface area contributed by atoms with E-state index in [9.17, 15) is 9.18 Å². The maximum Gasteiger partial charge on any atom is 0.236 e. The van der Waals surface area contributed by atoms with Gasteiger partial charge in [0.1, 0.15) is 5.82 Å². The van der Waals surface area contributed by atoms with Gasteiger partial charge in [0, 0.05) is 26.8 Å². The van der Waals surface area contributed by atoms with Crippen molar-refractivity contribution in [1.82, 2.24) is 15.2 Å². The molecule has 1 heterocycles. The van der Waals surface area contributed by atoms with Crippen molar-refractivity contribution in [2.75, 3.05) is 20.6 Å². The summed E-state index contributed by atoms with van der Waals surface area (Å²) in [6, 6.07) is 1.39. The first kappa shape index (κ1) is 11.6. The van der Waals surface area contributed by atoms with Gasteiger partial charge < -0.3 is 10.2 Å². The Morgan fingerprint density at radius 1 is 1.53 bits per heavy atom. The fourth-order valence-corrected chi connectivity index (χ4v) is 1.02. The molecule has 1 rings (SSSR count). The van der Waals surface area contributed by atoms with Crippen LogP contribution < -0.4 is 5.32 Å². The summed E-state index contributed by atoms with van der Waals surface area (Å²) in [5.74, 6) is -0.382. The zero-order valence-corrected chi connectivity index (χ0v) is 8.83. The second kappa shape index (κ2) is 5.41. The van der Waals surface area contributed by atoms with E-state index < -0.39 is 0 Å². The highest BCUT2D eigenvalue weighted by Crippen LogP contribution is 1.99. The molecule has 1 amide bonds. The van der Waals surface area contributed by atoms with Crippen molar-refractivity contribution < 1.29 is 9.18 Å². The minimum Gasteiger partial charge on any atom is -0.348 e. The summed E-state index contributed by atoms with van der Waals surface area (Å²) < 4.78 is 12.7. The SMILES string of the molecule is CN(C)C(=O)CNCc1cncc(F)c1. The Hall–Kier alpha value is -1.49. The fourth-order valence-electron chi connectivity index (χ4n) is 1.02. The van der Waals surface area contributed by atoms with Gasteiger partial charge in [0.15, 0.2) is 0 Å². The first-order valence-corrected chi connectivity index (χ1v) is 4.60. The predicted octanol–water partition coefficient (Wildman–Crippen LogP) is 0.398. The summed E-state index contributed by atoms with van der Waals surface area (Å²) in [7, 11) is 3.38. The van der Waals surface area contributed by atoms with E-state index in [1.807, 2.05) is 0 Å². The summed E-state index contributed by atoms with van der Waals surface area (Å²) in [4.78, 5) is 16.4. The van der Waals surface area contributed by atoms with Crippen LogP contribution in [0.25, 0.3) is 0 Å². The van der Waals surface area contributed by atoms with Crippen LogP contribution in [0.1, 0.15) is 5.56 Å². The second-order valence-corrected chi connectivity index (χ2v) is 3.40. The lowest BCUT2D eigenvalue weighted by molar-refractivity contribution is -0.127. The van der Waals surface area contributed by atoms with Gasteiger partial charge >= 0.3 is 0 Å². The molecule has 0 spiro atoms. The number of likely N-dealkylation sites (N-methyl/N-ethyl adjacent to an activating group) is 1. The van der Waals surface area contributed by atoms with Crippen LogP contribution in [-0.2, 0) is 11.3 Å². The van der Waals surface area contributed by atoms with Crippen molar-refractivity contribution in [3.63, 3.8) is 0 Å². The maximum atomic E-state index is 12.7. The van der Waals surface area contributed by atoms with E-state index in [-0.39, 0.29) is 18.3 Å². The number of carbonyl (C=O) groups excluding carboxylic acids is 1. The van der Waals surface area contributed by atoms with Crippen molar-refractivity contribution in [2.24, 2.45) is 0 Å². The van der Waals surface area contributed by atoms with Crippen LogP contribution in [0.4, 0.5) is 4.39 Å². The summed E-state index contributed by atoms with van der Waals surface area (Å²) in [6.45, 7) is 0.674. The summed E-state index contributed by atoms with van der Waals surface area (Å²) in [5, 5.41) is 2.91. The van der Waals surface area contributed by atoms with Crippen LogP contribution in [0.3, 0.4) is 0 Å². The van der Waals surface area contributed by atoms with E-state index in [2.05, 4.69) is 10.3 Å². The largest absolute Gasteiger partial charge is 0.348 e. The van der Waals surface area contributed by atoms with Crippen LogP contribution in [0.15, 0.2) is 18.5 Å². The van der Waals surface area contributed by atoms with E-state index in [4.69, 9.17) is 0 Å². The number of nitrogens with one attached hydrogen (secondary N) is 1. The highest BCUT2D eigenvalue weighted by molar-refractivity contribution is 5.77. The lowest BCUT2D eigenvalue weighted by atomic mass is 10.3. The molecule has 1 aromatic rings. The summed E-state index contributed by atoms with van der Waals surface area (Å²) in [5.41, 5.74) is 0.724. The zero-order chi connectivity index (χ0) is 11.3. The normalized spacial score (nSPS) is 10.1. The topological polar surface area (TPSA) is 45.2 Å². The number of nitrogens with zero attached hydrogens (tertiary/aromatic N) is 2. The average Bonchev–Trinajstić information content (AvgIpc) is 2.17. The van der Waals surface area contributed by atoms with E-state index in [0.29, 0.717) is 6.54 Å². The smallest absolute Gasteiger partial charge is 0.236 e. The molecule has 0 aliphatic rings. The van der Waals surface area contributed by atoms with Crippen LogP contribution in [0.2, 0.25) is 0 Å². The lowest BCUT2D eigenvalue weighted by Crippen LogP contribution is -2.32. The van der Waals surface area contributed by atoms with Gasteiger partial charge in [0.25, 0.3) is 0 Å². The van der Waals surface area contributed by atoms with Gasteiger partial charge in [0.05, 0.1) is 12.7 Å². The Morgan fingerprint density at radius 2 is 2.27 bits per heavy atom. The molecule has 0 bridgehead atoms. The molecule has 4 nitrogen and oxygen atoms in total. The van der Waals surface area contributed by atoms with Crippen molar-refractivity contribution in [3.05, 3.63) is 29.8 Å². The first-order valence-electron chi connectivity index (χ1n) is 4.60. The van der Waals surface area contributed by atoms with Gasteiger partial charge in [-0.3, -0.25) is 9.78 Å². The molecule has 0 aliphatic carbocycles. The number of rotatable bonds is 4. The van der Waals surface area contributed by atoms with Gasteiger partial charge in [-0.05, 0) is 11.6 Å². The molecule has 0 unspecified atom stereocenters. The third-order valence-electron chi connectivity index (χ3n) is 1.87. The van der Waals surface area contributed by atoms with E-state index in [0.717, 1.165) is 11.8 Å². The standard InChI is InChI=1S/C10H14FN3O/c1-14(2)10(15)7-13-5-8-3-9(11)6-12-4-8/h3-4,6,13H,5,7H2,1-2H3. The number of halogens is 1. The minimum absolute atomic E-state index is 0.0145. The van der Waals surface area contributed by atoms with Crippen molar-refractivity contribution in [3.8, 4) is 0 Å². The highest BCUT2D eigenvalue weighted by atomic mass is 19.1. The van der Waals surface area contributed by atoms with Crippen LogP contribution >= 0.6 is 0 Å². The molecule has 0 fully saturated rings. The molecule has 15 heavy (non-hydrogen) atoms. The van der Waals surface area contributed by atoms with Crippen molar-refractivity contribution >= 4 is 5.91 Å². The van der Waals surface area contributed by atoms with Gasteiger partial charge in [-0.25, -0.2) is 4.39 Å². The average molecular weight is 211 g/mol. The first-order chi connectivity index (χ1) is 7.09. The molecule has 1 N–H and O–H groups in total. The lowest BCUT2D eigenvalue weighted by Gasteiger charge is -2.10. The molecule has 0 aliphatic heterocycles. The minimum atomic E-state index is -0.367. The quantitative estimate of drug-likeness (QED) is 0.784. The zero-order valence-electron chi connectivity index (χ0n) is 8.83. The Kier molecular flexibility index (Phi) is 4.17. The molecule has 1 aromatic heterocycles.